The Morgan fingerprint density at radius 3 is 2.10 bits per heavy atom. The second-order valence-electron chi connectivity index (χ2n) is 7.95. The largest absolute Gasteiger partial charge is 0.493 e. The van der Waals surface area contributed by atoms with Crippen LogP contribution in [0.4, 0.5) is 43.4 Å². The van der Waals surface area contributed by atoms with Gasteiger partial charge in [0, 0.05) is 11.8 Å². The van der Waals surface area contributed by atoms with Gasteiger partial charge in [-0.3, -0.25) is 9.59 Å². The number of anilines is 3. The summed E-state index contributed by atoms with van der Waals surface area (Å²) in [4.78, 5) is 24.5. The summed E-state index contributed by atoms with van der Waals surface area (Å²) in [5.74, 6) is -1.29. The minimum absolute atomic E-state index is 0.0301. The third-order valence-corrected chi connectivity index (χ3v) is 5.06. The second kappa shape index (κ2) is 11.8. The lowest BCUT2D eigenvalue weighted by atomic mass is 10.1. The monoisotopic (exact) mass is 553 g/mol. The Morgan fingerprint density at radius 1 is 0.872 bits per heavy atom. The van der Waals surface area contributed by atoms with Crippen molar-refractivity contribution < 1.29 is 45.4 Å². The average Bonchev–Trinajstić information content (AvgIpc) is 2.86. The number of nitrogen functional groups attached to an aromatic ring is 1. The molecule has 2 amide bonds. The van der Waals surface area contributed by atoms with Gasteiger partial charge in [-0.1, -0.05) is 18.2 Å². The number of carbonyl (C=O) groups is 2. The lowest BCUT2D eigenvalue weighted by Crippen LogP contribution is -2.21. The Balaban J connectivity index is 1.70. The molecule has 4 N–H and O–H groups in total. The number of para-hydroxylation sites is 2. The quantitative estimate of drug-likeness (QED) is 0.181. The summed E-state index contributed by atoms with van der Waals surface area (Å²) in [5.41, 5.74) is 3.17. The standard InChI is InChI=1S/C26H21F6N3O4/c1-38-21-8-6-15(7-9-23(36)35-20-5-3-2-4-19(20)33)10-22(21)39-14-24(37)34-18-12-16(25(27,28)29)11-17(13-18)26(30,31)32/h2-13H,14,33H2,1H3,(H,34,37)(H,35,36)/b9-7+. The van der Waals surface area contributed by atoms with Crippen molar-refractivity contribution in [3.05, 3.63) is 83.4 Å². The van der Waals surface area contributed by atoms with Gasteiger partial charge in [0.25, 0.3) is 5.91 Å². The zero-order valence-corrected chi connectivity index (χ0v) is 20.1. The van der Waals surface area contributed by atoms with Crippen molar-refractivity contribution >= 4 is 35.0 Å². The van der Waals surface area contributed by atoms with Crippen molar-refractivity contribution in [2.75, 3.05) is 30.1 Å². The molecule has 3 rings (SSSR count). The van der Waals surface area contributed by atoms with E-state index >= 15 is 0 Å². The molecule has 7 nitrogen and oxygen atoms in total. The zero-order chi connectivity index (χ0) is 28.8. The molecule has 0 saturated heterocycles. The number of ether oxygens (including phenoxy) is 2. The van der Waals surface area contributed by atoms with E-state index < -0.39 is 47.6 Å². The fourth-order valence-corrected chi connectivity index (χ4v) is 3.23. The minimum Gasteiger partial charge on any atom is -0.493 e. The lowest BCUT2D eigenvalue weighted by molar-refractivity contribution is -0.143. The first-order chi connectivity index (χ1) is 18.3. The molecule has 39 heavy (non-hydrogen) atoms. The van der Waals surface area contributed by atoms with Crippen molar-refractivity contribution in [3.63, 3.8) is 0 Å². The topological polar surface area (TPSA) is 103 Å². The summed E-state index contributed by atoms with van der Waals surface area (Å²) < 4.78 is 88.8. The average molecular weight is 553 g/mol. The summed E-state index contributed by atoms with van der Waals surface area (Å²) in [6.45, 7) is -0.769. The molecular formula is C26H21F6N3O4. The highest BCUT2D eigenvalue weighted by Gasteiger charge is 2.37. The molecule has 0 aliphatic heterocycles. The summed E-state index contributed by atoms with van der Waals surface area (Å²) in [7, 11) is 1.32. The summed E-state index contributed by atoms with van der Waals surface area (Å²) in [6.07, 6.45) is -7.48. The normalized spacial score (nSPS) is 11.8. The molecule has 0 aromatic heterocycles. The van der Waals surface area contributed by atoms with Crippen LogP contribution < -0.4 is 25.8 Å². The maximum absolute atomic E-state index is 13.0. The number of nitrogens with two attached hydrogens (primary N) is 1. The van der Waals surface area contributed by atoms with E-state index in [0.717, 1.165) is 0 Å². The van der Waals surface area contributed by atoms with E-state index in [2.05, 4.69) is 5.32 Å². The first-order valence-corrected chi connectivity index (χ1v) is 11.0. The number of carbonyl (C=O) groups excluding carboxylic acids is 2. The zero-order valence-electron chi connectivity index (χ0n) is 20.1. The third kappa shape index (κ3) is 8.15. The van der Waals surface area contributed by atoms with Gasteiger partial charge < -0.3 is 25.8 Å². The van der Waals surface area contributed by atoms with Gasteiger partial charge in [0.2, 0.25) is 5.91 Å². The Bertz CT molecular complexity index is 1350. The van der Waals surface area contributed by atoms with Crippen LogP contribution in [0.15, 0.2) is 66.7 Å². The maximum Gasteiger partial charge on any atom is 0.416 e. The van der Waals surface area contributed by atoms with Crippen molar-refractivity contribution in [3.8, 4) is 11.5 Å². The lowest BCUT2D eigenvalue weighted by Gasteiger charge is -2.15. The highest BCUT2D eigenvalue weighted by molar-refractivity contribution is 6.03. The number of amides is 2. The van der Waals surface area contributed by atoms with Gasteiger partial charge >= 0.3 is 12.4 Å². The molecule has 0 saturated carbocycles. The van der Waals surface area contributed by atoms with Crippen LogP contribution in [0.25, 0.3) is 6.08 Å². The molecule has 0 radical (unpaired) electrons. The predicted molar refractivity (Wildman–Crippen MR) is 132 cm³/mol. The van der Waals surface area contributed by atoms with E-state index in [1.165, 1.54) is 31.4 Å². The number of halogens is 6. The highest BCUT2D eigenvalue weighted by atomic mass is 19.4. The van der Waals surface area contributed by atoms with E-state index in [0.29, 0.717) is 29.1 Å². The van der Waals surface area contributed by atoms with Gasteiger partial charge in [-0.15, -0.1) is 0 Å². The molecule has 0 atom stereocenters. The smallest absolute Gasteiger partial charge is 0.416 e. The SMILES string of the molecule is COc1ccc(/C=C/C(=O)Nc2ccccc2N)cc1OCC(=O)Nc1cc(C(F)(F)F)cc(C(F)(F)F)c1. The maximum atomic E-state index is 13.0. The van der Waals surface area contributed by atoms with Crippen LogP contribution in [0.5, 0.6) is 11.5 Å². The van der Waals surface area contributed by atoms with Crippen LogP contribution in [-0.2, 0) is 21.9 Å². The van der Waals surface area contributed by atoms with Crippen LogP contribution in [0.3, 0.4) is 0 Å². The molecule has 0 fully saturated rings. The van der Waals surface area contributed by atoms with Gasteiger partial charge in [0.1, 0.15) is 0 Å². The van der Waals surface area contributed by atoms with Crippen molar-refractivity contribution in [2.45, 2.75) is 12.4 Å². The summed E-state index contributed by atoms with van der Waals surface area (Å²) >= 11 is 0. The van der Waals surface area contributed by atoms with Gasteiger partial charge in [-0.25, -0.2) is 0 Å². The van der Waals surface area contributed by atoms with Crippen LogP contribution in [0.1, 0.15) is 16.7 Å². The Hall–Kier alpha value is -4.68. The molecule has 0 aliphatic carbocycles. The van der Waals surface area contributed by atoms with E-state index in [4.69, 9.17) is 15.2 Å². The molecule has 0 aliphatic rings. The Morgan fingerprint density at radius 2 is 1.51 bits per heavy atom. The van der Waals surface area contributed by atoms with E-state index in [1.54, 1.807) is 30.3 Å². The predicted octanol–water partition coefficient (Wildman–Crippen LogP) is 5.98. The molecule has 13 heteroatoms. The van der Waals surface area contributed by atoms with E-state index in [9.17, 15) is 35.9 Å². The summed E-state index contributed by atoms with van der Waals surface area (Å²) in [5, 5.41) is 4.58. The van der Waals surface area contributed by atoms with Crippen molar-refractivity contribution in [2.24, 2.45) is 0 Å². The van der Waals surface area contributed by atoms with Crippen LogP contribution in [-0.4, -0.2) is 25.5 Å². The molecule has 3 aromatic carbocycles. The summed E-state index contributed by atoms with van der Waals surface area (Å²) in [6, 6.07) is 11.8. The second-order valence-corrected chi connectivity index (χ2v) is 7.95. The van der Waals surface area contributed by atoms with Crippen molar-refractivity contribution in [1.29, 1.82) is 0 Å². The number of rotatable bonds is 8. The van der Waals surface area contributed by atoms with Crippen LogP contribution in [0, 0.1) is 0 Å². The van der Waals surface area contributed by atoms with Crippen LogP contribution >= 0.6 is 0 Å². The first-order valence-electron chi connectivity index (χ1n) is 11.0. The number of benzene rings is 3. The highest BCUT2D eigenvalue weighted by Crippen LogP contribution is 2.37. The molecule has 3 aromatic rings. The molecule has 0 bridgehead atoms. The fourth-order valence-electron chi connectivity index (χ4n) is 3.23. The molecule has 206 valence electrons. The number of hydrogen-bond donors (Lipinski definition) is 3. The molecular weight excluding hydrogens is 532 g/mol. The van der Waals surface area contributed by atoms with E-state index in [1.807, 2.05) is 5.32 Å². The van der Waals surface area contributed by atoms with Crippen molar-refractivity contribution in [1.82, 2.24) is 0 Å². The van der Waals surface area contributed by atoms with Gasteiger partial charge in [-0.05, 0) is 54.1 Å². The van der Waals surface area contributed by atoms with Gasteiger partial charge in [-0.2, -0.15) is 26.3 Å². The minimum atomic E-state index is -5.07. The Kier molecular flexibility index (Phi) is 8.74. The first kappa shape index (κ1) is 28.9. The Labute approximate surface area is 218 Å². The molecule has 0 spiro atoms. The number of hydrogen-bond acceptors (Lipinski definition) is 5. The number of nitrogens with one attached hydrogen (secondary N) is 2. The fraction of sp³-hybridized carbons (Fsp3) is 0.154. The van der Waals surface area contributed by atoms with E-state index in [-0.39, 0.29) is 17.6 Å². The van der Waals surface area contributed by atoms with Gasteiger partial charge in [0.05, 0.1) is 29.6 Å². The van der Waals surface area contributed by atoms with Crippen LogP contribution in [0.2, 0.25) is 0 Å². The number of methoxy groups -OCH3 is 1. The third-order valence-electron chi connectivity index (χ3n) is 5.06. The molecule has 0 unspecified atom stereocenters. The molecule has 0 heterocycles. The van der Waals surface area contributed by atoms with Gasteiger partial charge in [0.15, 0.2) is 18.1 Å². The number of alkyl halides is 6.